The van der Waals surface area contributed by atoms with Gasteiger partial charge in [0.2, 0.25) is 5.91 Å². The zero-order valence-electron chi connectivity index (χ0n) is 16.4. The van der Waals surface area contributed by atoms with Gasteiger partial charge in [0, 0.05) is 50.8 Å². The molecule has 3 heterocycles. The lowest BCUT2D eigenvalue weighted by atomic mass is 9.90. The summed E-state index contributed by atoms with van der Waals surface area (Å²) in [5.41, 5.74) is 2.93. The van der Waals surface area contributed by atoms with Crippen molar-refractivity contribution in [3.63, 3.8) is 0 Å². The number of aliphatic imine (C=N–C) groups is 1. The maximum absolute atomic E-state index is 12.0. The molecule has 29 heavy (non-hydrogen) atoms. The van der Waals surface area contributed by atoms with Gasteiger partial charge in [-0.05, 0) is 30.2 Å². The molecular formula is C21H25N7O. The minimum Gasteiger partial charge on any atom is -0.356 e. The summed E-state index contributed by atoms with van der Waals surface area (Å²) in [4.78, 5) is 16.3. The number of hydrogen-bond acceptors (Lipinski definition) is 4. The lowest BCUT2D eigenvalue weighted by Crippen LogP contribution is -2.41. The number of amides is 1. The highest BCUT2D eigenvalue weighted by molar-refractivity contribution is 5.94. The van der Waals surface area contributed by atoms with Gasteiger partial charge in [0.05, 0.1) is 0 Å². The van der Waals surface area contributed by atoms with Crippen LogP contribution in [0.3, 0.4) is 0 Å². The summed E-state index contributed by atoms with van der Waals surface area (Å²) in [6.07, 6.45) is 4.19. The van der Waals surface area contributed by atoms with Gasteiger partial charge in [-0.1, -0.05) is 24.3 Å². The van der Waals surface area contributed by atoms with E-state index in [9.17, 15) is 4.79 Å². The molecule has 0 fully saturated rings. The first kappa shape index (κ1) is 18.9. The highest BCUT2D eigenvalue weighted by Crippen LogP contribution is 2.31. The number of hydrogen-bond donors (Lipinski definition) is 3. The summed E-state index contributed by atoms with van der Waals surface area (Å²) >= 11 is 0. The highest BCUT2D eigenvalue weighted by atomic mass is 16.1. The quantitative estimate of drug-likeness (QED) is 0.339. The summed E-state index contributed by atoms with van der Waals surface area (Å²) in [5, 5.41) is 18.1. The van der Waals surface area contributed by atoms with Gasteiger partial charge in [-0.3, -0.25) is 14.2 Å². The molecule has 0 saturated carbocycles. The van der Waals surface area contributed by atoms with Gasteiger partial charge >= 0.3 is 0 Å². The molecule has 0 aliphatic carbocycles. The number of nitrogens with zero attached hydrogens (tertiary/aromatic N) is 4. The lowest BCUT2D eigenvalue weighted by Gasteiger charge is -2.26. The molecule has 1 aliphatic heterocycles. The summed E-state index contributed by atoms with van der Waals surface area (Å²) in [6, 6.07) is 13.8. The molecule has 0 radical (unpaired) electrons. The Hall–Kier alpha value is -3.42. The number of benzene rings is 1. The fourth-order valence-corrected chi connectivity index (χ4v) is 3.64. The van der Waals surface area contributed by atoms with Crippen molar-refractivity contribution < 1.29 is 4.79 Å². The number of nitrogens with one attached hydrogen (secondary N) is 3. The second-order valence-corrected chi connectivity index (χ2v) is 7.06. The number of carbonyl (C=O) groups excluding carboxylic acids is 1. The third-order valence-electron chi connectivity index (χ3n) is 5.10. The van der Waals surface area contributed by atoms with Gasteiger partial charge in [0.25, 0.3) is 0 Å². The molecule has 0 bridgehead atoms. The van der Waals surface area contributed by atoms with E-state index in [1.807, 2.05) is 47.0 Å². The first-order valence-corrected chi connectivity index (χ1v) is 9.86. The van der Waals surface area contributed by atoms with Crippen LogP contribution in [0, 0.1) is 0 Å². The smallest absolute Gasteiger partial charge is 0.225 e. The van der Waals surface area contributed by atoms with Gasteiger partial charge in [0.15, 0.2) is 11.6 Å². The number of guanidine groups is 1. The number of aromatic nitrogens is 3. The van der Waals surface area contributed by atoms with Crippen LogP contribution in [0.5, 0.6) is 0 Å². The van der Waals surface area contributed by atoms with Crippen molar-refractivity contribution in [1.82, 2.24) is 25.2 Å². The fraction of sp³-hybridized carbons (Fsp3) is 0.333. The van der Waals surface area contributed by atoms with Gasteiger partial charge in [-0.2, -0.15) is 0 Å². The first-order chi connectivity index (χ1) is 14.2. The van der Waals surface area contributed by atoms with Crippen LogP contribution in [0.25, 0.3) is 5.65 Å². The van der Waals surface area contributed by atoms with Crippen LogP contribution in [-0.4, -0.2) is 46.6 Å². The Morgan fingerprint density at radius 3 is 2.97 bits per heavy atom. The molecule has 8 heteroatoms. The molecule has 4 rings (SSSR count). The van der Waals surface area contributed by atoms with Gasteiger partial charge in [-0.15, -0.1) is 10.2 Å². The standard InChI is InChI=1S/C21H25N7O/c1-22-21(23-11-6-10-19-27-26-18-9-4-5-12-28(18)19)24-14-15-13-20(29)25-17-8-3-2-7-16(15)17/h2-5,7-9,12,15H,6,10-11,13-14H2,1H3,(H,25,29)(H2,22,23,24). The largest absolute Gasteiger partial charge is 0.356 e. The molecule has 1 atom stereocenters. The first-order valence-electron chi connectivity index (χ1n) is 9.86. The Balaban J connectivity index is 1.27. The average Bonchev–Trinajstić information content (AvgIpc) is 3.16. The van der Waals surface area contributed by atoms with E-state index in [1.165, 1.54) is 0 Å². The van der Waals surface area contributed by atoms with Crippen LogP contribution in [0.2, 0.25) is 0 Å². The topological polar surface area (TPSA) is 95.7 Å². The average molecular weight is 391 g/mol. The third kappa shape index (κ3) is 4.37. The van der Waals surface area contributed by atoms with E-state index in [0.29, 0.717) is 13.0 Å². The van der Waals surface area contributed by atoms with Crippen molar-refractivity contribution in [2.45, 2.75) is 25.2 Å². The van der Waals surface area contributed by atoms with Crippen molar-refractivity contribution in [3.8, 4) is 0 Å². The zero-order valence-corrected chi connectivity index (χ0v) is 16.4. The number of fused-ring (bicyclic) bond motifs is 2. The molecule has 1 aliphatic rings. The number of pyridine rings is 1. The predicted octanol–water partition coefficient (Wildman–Crippen LogP) is 1.95. The van der Waals surface area contributed by atoms with E-state index in [2.05, 4.69) is 37.2 Å². The maximum Gasteiger partial charge on any atom is 0.225 e. The molecule has 1 aromatic carbocycles. The number of rotatable bonds is 6. The van der Waals surface area contributed by atoms with E-state index in [1.54, 1.807) is 7.05 Å². The van der Waals surface area contributed by atoms with E-state index in [-0.39, 0.29) is 11.8 Å². The second-order valence-electron chi connectivity index (χ2n) is 7.06. The number of carbonyl (C=O) groups is 1. The molecular weight excluding hydrogens is 366 g/mol. The van der Waals surface area contributed by atoms with Crippen LogP contribution < -0.4 is 16.0 Å². The summed E-state index contributed by atoms with van der Waals surface area (Å²) in [5.74, 6) is 1.87. The molecule has 0 saturated heterocycles. The summed E-state index contributed by atoms with van der Waals surface area (Å²) in [6.45, 7) is 1.42. The van der Waals surface area contributed by atoms with Crippen molar-refractivity contribution in [1.29, 1.82) is 0 Å². The second kappa shape index (κ2) is 8.72. The Kier molecular flexibility index (Phi) is 5.69. The zero-order chi connectivity index (χ0) is 20.1. The summed E-state index contributed by atoms with van der Waals surface area (Å²) < 4.78 is 2.01. The molecule has 3 aromatic rings. The number of aryl methyl sites for hydroxylation is 1. The van der Waals surface area contributed by atoms with Crippen molar-refractivity contribution in [3.05, 3.63) is 60.0 Å². The molecule has 1 amide bonds. The molecule has 2 aromatic heterocycles. The third-order valence-corrected chi connectivity index (χ3v) is 5.10. The van der Waals surface area contributed by atoms with Gasteiger partial charge < -0.3 is 16.0 Å². The van der Waals surface area contributed by atoms with Crippen LogP contribution in [0.15, 0.2) is 53.7 Å². The van der Waals surface area contributed by atoms with Crippen molar-refractivity contribution >= 4 is 23.2 Å². The maximum atomic E-state index is 12.0. The molecule has 0 spiro atoms. The Bertz CT molecular complexity index is 1030. The van der Waals surface area contributed by atoms with Crippen molar-refractivity contribution in [2.24, 2.45) is 4.99 Å². The van der Waals surface area contributed by atoms with Crippen LogP contribution in [0.4, 0.5) is 5.69 Å². The monoisotopic (exact) mass is 391 g/mol. The number of anilines is 1. The molecule has 8 nitrogen and oxygen atoms in total. The number of para-hydroxylation sites is 1. The Morgan fingerprint density at radius 1 is 1.21 bits per heavy atom. The van der Waals surface area contributed by atoms with E-state index >= 15 is 0 Å². The predicted molar refractivity (Wildman–Crippen MR) is 113 cm³/mol. The normalized spacial score (nSPS) is 16.4. The lowest BCUT2D eigenvalue weighted by molar-refractivity contribution is -0.116. The van der Waals surface area contributed by atoms with Crippen LogP contribution >= 0.6 is 0 Å². The van der Waals surface area contributed by atoms with E-state index in [0.717, 1.165) is 48.1 Å². The molecule has 3 N–H and O–H groups in total. The molecule has 1 unspecified atom stereocenters. The highest BCUT2D eigenvalue weighted by Gasteiger charge is 2.24. The fourth-order valence-electron chi connectivity index (χ4n) is 3.64. The minimum atomic E-state index is 0.0546. The molecule has 150 valence electrons. The Labute approximate surface area is 169 Å². The van der Waals surface area contributed by atoms with Crippen LogP contribution in [-0.2, 0) is 11.2 Å². The van der Waals surface area contributed by atoms with E-state index < -0.39 is 0 Å². The Morgan fingerprint density at radius 2 is 2.07 bits per heavy atom. The van der Waals surface area contributed by atoms with Crippen LogP contribution in [0.1, 0.15) is 30.1 Å². The van der Waals surface area contributed by atoms with E-state index in [4.69, 9.17) is 0 Å². The van der Waals surface area contributed by atoms with Crippen molar-refractivity contribution in [2.75, 3.05) is 25.5 Å². The SMILES string of the molecule is CN=C(NCCCc1nnc2ccccn12)NCC1CC(=O)Nc2ccccc21. The van der Waals surface area contributed by atoms with Gasteiger partial charge in [0.1, 0.15) is 5.82 Å². The minimum absolute atomic E-state index is 0.0546. The van der Waals surface area contributed by atoms with Gasteiger partial charge in [-0.25, -0.2) is 0 Å². The summed E-state index contributed by atoms with van der Waals surface area (Å²) in [7, 11) is 1.75.